The molecule has 0 aliphatic rings. The highest BCUT2D eigenvalue weighted by Gasteiger charge is 2.27. The van der Waals surface area contributed by atoms with Gasteiger partial charge in [-0.05, 0) is 29.8 Å². The molecular weight excluding hydrogens is 267 g/mol. The predicted octanol–water partition coefficient (Wildman–Crippen LogP) is 3.59. The van der Waals surface area contributed by atoms with Gasteiger partial charge in [0.25, 0.3) is 0 Å². The first kappa shape index (κ1) is 13.8. The standard InChI is InChI=1S/C15H8F3NO/c16-10-4-1-3-9(7-10)11(8-19)15(20)14-12(17)5-2-6-13(14)18/h1-7,11H. The van der Waals surface area contributed by atoms with Crippen LogP contribution in [0, 0.1) is 28.8 Å². The van der Waals surface area contributed by atoms with Crippen molar-refractivity contribution in [2.45, 2.75) is 5.92 Å². The molecule has 0 saturated carbocycles. The van der Waals surface area contributed by atoms with E-state index in [2.05, 4.69) is 0 Å². The molecule has 0 aliphatic carbocycles. The number of benzene rings is 2. The predicted molar refractivity (Wildman–Crippen MR) is 65.4 cm³/mol. The van der Waals surface area contributed by atoms with E-state index >= 15 is 0 Å². The highest BCUT2D eigenvalue weighted by atomic mass is 19.1. The molecule has 2 aromatic carbocycles. The van der Waals surface area contributed by atoms with Gasteiger partial charge in [-0.25, -0.2) is 13.2 Å². The van der Waals surface area contributed by atoms with Crippen LogP contribution in [0.25, 0.3) is 0 Å². The maximum Gasteiger partial charge on any atom is 0.190 e. The Labute approximate surface area is 113 Å². The number of carbonyl (C=O) groups is 1. The van der Waals surface area contributed by atoms with Crippen molar-refractivity contribution in [1.29, 1.82) is 5.26 Å². The minimum Gasteiger partial charge on any atom is -0.292 e. The molecule has 0 amide bonds. The topological polar surface area (TPSA) is 40.9 Å². The zero-order valence-electron chi connectivity index (χ0n) is 10.1. The smallest absolute Gasteiger partial charge is 0.190 e. The summed E-state index contributed by atoms with van der Waals surface area (Å²) >= 11 is 0. The summed E-state index contributed by atoms with van der Waals surface area (Å²) in [6.45, 7) is 0. The lowest BCUT2D eigenvalue weighted by Crippen LogP contribution is -2.15. The Balaban J connectivity index is 2.48. The average Bonchev–Trinajstić information content (AvgIpc) is 2.39. The molecule has 100 valence electrons. The van der Waals surface area contributed by atoms with Gasteiger partial charge in [-0.15, -0.1) is 0 Å². The van der Waals surface area contributed by atoms with Crippen LogP contribution >= 0.6 is 0 Å². The summed E-state index contributed by atoms with van der Waals surface area (Å²) in [7, 11) is 0. The Morgan fingerprint density at radius 2 is 1.65 bits per heavy atom. The van der Waals surface area contributed by atoms with E-state index in [1.54, 1.807) is 6.07 Å². The van der Waals surface area contributed by atoms with Gasteiger partial charge < -0.3 is 0 Å². The number of rotatable bonds is 3. The Kier molecular flexibility index (Phi) is 3.85. The molecule has 1 atom stereocenters. The summed E-state index contributed by atoms with van der Waals surface area (Å²) in [5.41, 5.74) is -0.733. The molecule has 2 aromatic rings. The normalized spacial score (nSPS) is 11.7. The summed E-state index contributed by atoms with van der Waals surface area (Å²) in [5, 5.41) is 9.05. The zero-order valence-corrected chi connectivity index (χ0v) is 10.1. The van der Waals surface area contributed by atoms with Gasteiger partial charge in [0.2, 0.25) is 0 Å². The number of nitrogens with zero attached hydrogens (tertiary/aromatic N) is 1. The second-order valence-electron chi connectivity index (χ2n) is 4.08. The van der Waals surface area contributed by atoms with Gasteiger partial charge in [0.15, 0.2) is 5.78 Å². The number of carbonyl (C=O) groups excluding carboxylic acids is 1. The van der Waals surface area contributed by atoms with Crippen molar-refractivity contribution in [3.8, 4) is 6.07 Å². The first-order valence-corrected chi connectivity index (χ1v) is 5.68. The average molecular weight is 275 g/mol. The summed E-state index contributed by atoms with van der Waals surface area (Å²) in [4.78, 5) is 12.1. The number of hydrogen-bond donors (Lipinski definition) is 0. The van der Waals surface area contributed by atoms with Gasteiger partial charge in [-0.3, -0.25) is 4.79 Å². The molecule has 0 heterocycles. The molecule has 2 nitrogen and oxygen atoms in total. The lowest BCUT2D eigenvalue weighted by molar-refractivity contribution is 0.0970. The van der Waals surface area contributed by atoms with Crippen molar-refractivity contribution >= 4 is 5.78 Å². The van der Waals surface area contributed by atoms with Crippen LogP contribution in [0.4, 0.5) is 13.2 Å². The largest absolute Gasteiger partial charge is 0.292 e. The first-order chi connectivity index (χ1) is 9.54. The van der Waals surface area contributed by atoms with Gasteiger partial charge >= 0.3 is 0 Å². The fourth-order valence-corrected chi connectivity index (χ4v) is 1.85. The molecule has 0 N–H and O–H groups in total. The Morgan fingerprint density at radius 3 is 2.20 bits per heavy atom. The molecule has 0 aliphatic heterocycles. The molecule has 0 bridgehead atoms. The van der Waals surface area contributed by atoms with Crippen molar-refractivity contribution in [3.05, 3.63) is 71.0 Å². The molecule has 0 fully saturated rings. The van der Waals surface area contributed by atoms with Gasteiger partial charge in [0.1, 0.15) is 23.4 Å². The van der Waals surface area contributed by atoms with E-state index in [-0.39, 0.29) is 5.56 Å². The van der Waals surface area contributed by atoms with Crippen LogP contribution in [0.15, 0.2) is 42.5 Å². The van der Waals surface area contributed by atoms with E-state index in [0.717, 1.165) is 30.3 Å². The Hall–Kier alpha value is -2.61. The lowest BCUT2D eigenvalue weighted by atomic mass is 9.91. The third kappa shape index (κ3) is 2.54. The van der Waals surface area contributed by atoms with Crippen molar-refractivity contribution < 1.29 is 18.0 Å². The minimum absolute atomic E-state index is 0.0557. The molecule has 1 unspecified atom stereocenters. The summed E-state index contributed by atoms with van der Waals surface area (Å²) in [6.07, 6.45) is 0. The third-order valence-corrected chi connectivity index (χ3v) is 2.78. The summed E-state index contributed by atoms with van der Waals surface area (Å²) in [6, 6.07) is 9.43. The van der Waals surface area contributed by atoms with Crippen LogP contribution in [-0.2, 0) is 0 Å². The zero-order chi connectivity index (χ0) is 14.7. The number of hydrogen-bond acceptors (Lipinski definition) is 2. The minimum atomic E-state index is -1.46. The van der Waals surface area contributed by atoms with Gasteiger partial charge in [-0.1, -0.05) is 18.2 Å². The molecule has 20 heavy (non-hydrogen) atoms. The van der Waals surface area contributed by atoms with Crippen LogP contribution in [0.3, 0.4) is 0 Å². The number of ketones is 1. The monoisotopic (exact) mass is 275 g/mol. The first-order valence-electron chi connectivity index (χ1n) is 5.68. The number of nitriles is 1. The second kappa shape index (κ2) is 5.57. The number of Topliss-reactive ketones (excluding diaryl/α,β-unsaturated/α-hetero) is 1. The molecule has 0 radical (unpaired) electrons. The van der Waals surface area contributed by atoms with Crippen molar-refractivity contribution in [2.75, 3.05) is 0 Å². The maximum atomic E-state index is 13.5. The molecular formula is C15H8F3NO. The van der Waals surface area contributed by atoms with Crippen LogP contribution in [0.2, 0.25) is 0 Å². The molecule has 0 saturated heterocycles. The van der Waals surface area contributed by atoms with E-state index in [0.29, 0.717) is 0 Å². The SMILES string of the molecule is N#CC(C(=O)c1c(F)cccc1F)c1cccc(F)c1. The third-order valence-electron chi connectivity index (χ3n) is 2.78. The Bertz CT molecular complexity index is 686. The van der Waals surface area contributed by atoms with Crippen LogP contribution < -0.4 is 0 Å². The molecule has 5 heteroatoms. The van der Waals surface area contributed by atoms with E-state index < -0.39 is 34.7 Å². The van der Waals surface area contributed by atoms with E-state index in [1.165, 1.54) is 12.1 Å². The van der Waals surface area contributed by atoms with Gasteiger partial charge in [0.05, 0.1) is 11.6 Å². The van der Waals surface area contributed by atoms with Crippen LogP contribution in [0.1, 0.15) is 21.8 Å². The van der Waals surface area contributed by atoms with E-state index in [9.17, 15) is 18.0 Å². The van der Waals surface area contributed by atoms with Gasteiger partial charge in [-0.2, -0.15) is 5.26 Å². The lowest BCUT2D eigenvalue weighted by Gasteiger charge is -2.10. The van der Waals surface area contributed by atoms with E-state index in [1.807, 2.05) is 0 Å². The van der Waals surface area contributed by atoms with Crippen molar-refractivity contribution in [2.24, 2.45) is 0 Å². The second-order valence-corrected chi connectivity index (χ2v) is 4.08. The van der Waals surface area contributed by atoms with Crippen LogP contribution in [0.5, 0.6) is 0 Å². The van der Waals surface area contributed by atoms with Crippen LogP contribution in [-0.4, -0.2) is 5.78 Å². The molecule has 0 aromatic heterocycles. The summed E-state index contributed by atoms with van der Waals surface area (Å²) < 4.78 is 40.2. The maximum absolute atomic E-state index is 13.5. The quantitative estimate of drug-likeness (QED) is 0.803. The molecule has 2 rings (SSSR count). The van der Waals surface area contributed by atoms with Crippen molar-refractivity contribution in [1.82, 2.24) is 0 Å². The number of halogens is 3. The fraction of sp³-hybridized carbons (Fsp3) is 0.0667. The Morgan fingerprint density at radius 1 is 1.05 bits per heavy atom. The van der Waals surface area contributed by atoms with Gasteiger partial charge in [0, 0.05) is 0 Å². The van der Waals surface area contributed by atoms with Crippen molar-refractivity contribution in [3.63, 3.8) is 0 Å². The molecule has 0 spiro atoms. The van der Waals surface area contributed by atoms with E-state index in [4.69, 9.17) is 5.26 Å². The highest BCUT2D eigenvalue weighted by molar-refractivity contribution is 6.03. The fourth-order valence-electron chi connectivity index (χ4n) is 1.85. The summed E-state index contributed by atoms with van der Waals surface area (Å²) in [5.74, 6) is -5.23. The highest BCUT2D eigenvalue weighted by Crippen LogP contribution is 2.24.